The van der Waals surface area contributed by atoms with E-state index in [1.807, 2.05) is 21.6 Å². The van der Waals surface area contributed by atoms with Gasteiger partial charge in [0.1, 0.15) is 6.61 Å². The number of esters is 1. The number of piperazine rings is 1. The lowest BCUT2D eigenvalue weighted by Gasteiger charge is -2.34. The highest BCUT2D eigenvalue weighted by molar-refractivity contribution is 8.76. The fourth-order valence-corrected chi connectivity index (χ4v) is 12.0. The summed E-state index contributed by atoms with van der Waals surface area (Å²) < 4.78 is 5.68. The van der Waals surface area contributed by atoms with E-state index in [1.165, 1.54) is 141 Å². The summed E-state index contributed by atoms with van der Waals surface area (Å²) in [6, 6.07) is 0. The summed E-state index contributed by atoms with van der Waals surface area (Å²) >= 11 is 0. The first-order valence-electron chi connectivity index (χ1n) is 30.2. The number of nitrogens with zero attached hydrogens (tertiary/aromatic N) is 4. The van der Waals surface area contributed by atoms with E-state index in [2.05, 4.69) is 47.3 Å². The zero-order chi connectivity index (χ0) is 51.0. The van der Waals surface area contributed by atoms with Gasteiger partial charge in [-0.1, -0.05) is 216 Å². The van der Waals surface area contributed by atoms with Crippen LogP contribution in [0.25, 0.3) is 0 Å². The van der Waals surface area contributed by atoms with Crippen molar-refractivity contribution in [1.82, 2.24) is 19.6 Å². The Bertz CT molecular complexity index is 1070. The van der Waals surface area contributed by atoms with Gasteiger partial charge in [-0.15, -0.1) is 0 Å². The highest BCUT2D eigenvalue weighted by Gasteiger charge is 2.20. The maximum atomic E-state index is 12.7. The van der Waals surface area contributed by atoms with Crippen molar-refractivity contribution < 1.29 is 30.0 Å². The average Bonchev–Trinajstić information content (AvgIpc) is 3.34. The molecule has 1 heterocycles. The van der Waals surface area contributed by atoms with Crippen molar-refractivity contribution in [2.45, 2.75) is 270 Å². The molecule has 70 heavy (non-hydrogen) atoms. The Balaban J connectivity index is 2.30. The highest BCUT2D eigenvalue weighted by Crippen LogP contribution is 2.23. The second kappa shape index (κ2) is 51.0. The fourth-order valence-electron chi connectivity index (χ4n) is 9.90. The number of rotatable bonds is 54. The third kappa shape index (κ3) is 44.2. The van der Waals surface area contributed by atoms with Crippen LogP contribution in [-0.2, 0) is 9.53 Å². The fraction of sp³-hybridized carbons (Fsp3) is 0.983. The molecule has 418 valence electrons. The zero-order valence-electron chi connectivity index (χ0n) is 46.7. The molecule has 1 aliphatic heterocycles. The van der Waals surface area contributed by atoms with Crippen LogP contribution in [-0.4, -0.2) is 167 Å². The molecule has 0 aromatic rings. The van der Waals surface area contributed by atoms with Crippen LogP contribution in [0.1, 0.15) is 246 Å². The number of hydrogen-bond acceptors (Lipinski definition) is 12. The SMILES string of the molecule is CCCCCCCCCCC(O)CN(CCCSSCCN1CCN(CCOC(=O)CCCCN(CC(O)CCCCCCCC)CC(O)CCCCCCCC)CC1)CC(O)CCCCCCCC. The first-order chi connectivity index (χ1) is 34.2. The minimum Gasteiger partial charge on any atom is -0.464 e. The van der Waals surface area contributed by atoms with Gasteiger partial charge in [0, 0.05) is 83.4 Å². The van der Waals surface area contributed by atoms with E-state index in [0.717, 1.165) is 134 Å². The molecule has 0 bridgehead atoms. The second-order valence-corrected chi connectivity index (χ2v) is 24.1. The summed E-state index contributed by atoms with van der Waals surface area (Å²) in [5.41, 5.74) is 0. The Kier molecular flexibility index (Phi) is 49.4. The Morgan fingerprint density at radius 1 is 0.429 bits per heavy atom. The molecule has 4 N–H and O–H groups in total. The molecular formula is C58H118N4O6S2. The molecule has 1 aliphatic rings. The normalized spacial score (nSPS) is 15.6. The molecule has 4 unspecified atom stereocenters. The van der Waals surface area contributed by atoms with E-state index < -0.39 is 0 Å². The van der Waals surface area contributed by atoms with Crippen molar-refractivity contribution >= 4 is 27.6 Å². The van der Waals surface area contributed by atoms with Crippen LogP contribution in [0.4, 0.5) is 0 Å². The summed E-state index contributed by atoms with van der Waals surface area (Å²) in [4.78, 5) is 22.2. The van der Waals surface area contributed by atoms with Crippen molar-refractivity contribution in [1.29, 1.82) is 0 Å². The predicted molar refractivity (Wildman–Crippen MR) is 305 cm³/mol. The smallest absolute Gasteiger partial charge is 0.305 e. The van der Waals surface area contributed by atoms with Crippen molar-refractivity contribution in [3.63, 3.8) is 0 Å². The second-order valence-electron chi connectivity index (χ2n) is 21.4. The van der Waals surface area contributed by atoms with Gasteiger partial charge < -0.3 is 25.2 Å². The summed E-state index contributed by atoms with van der Waals surface area (Å²) in [7, 11) is 3.94. The lowest BCUT2D eigenvalue weighted by Crippen LogP contribution is -2.47. The van der Waals surface area contributed by atoms with Gasteiger partial charge in [0.25, 0.3) is 0 Å². The van der Waals surface area contributed by atoms with E-state index in [4.69, 9.17) is 4.74 Å². The summed E-state index contributed by atoms with van der Waals surface area (Å²) in [6.45, 7) is 19.7. The van der Waals surface area contributed by atoms with E-state index in [1.54, 1.807) is 0 Å². The average molecular weight is 1030 g/mol. The number of carbonyl (C=O) groups is 1. The van der Waals surface area contributed by atoms with Gasteiger partial charge in [0.05, 0.1) is 24.4 Å². The summed E-state index contributed by atoms with van der Waals surface area (Å²) in [5.74, 6) is 2.07. The maximum Gasteiger partial charge on any atom is 0.305 e. The molecule has 4 atom stereocenters. The largest absolute Gasteiger partial charge is 0.464 e. The van der Waals surface area contributed by atoms with Gasteiger partial charge in [-0.25, -0.2) is 0 Å². The van der Waals surface area contributed by atoms with Crippen molar-refractivity contribution in [3.8, 4) is 0 Å². The first-order valence-corrected chi connectivity index (χ1v) is 32.7. The van der Waals surface area contributed by atoms with Crippen LogP contribution in [0.5, 0.6) is 0 Å². The maximum absolute atomic E-state index is 12.7. The number of ether oxygens (including phenoxy) is 1. The third-order valence-corrected chi connectivity index (χ3v) is 16.9. The Hall–Kier alpha value is -0.150. The number of hydrogen-bond donors (Lipinski definition) is 4. The monoisotopic (exact) mass is 1030 g/mol. The van der Waals surface area contributed by atoms with Crippen LogP contribution in [0, 0.1) is 0 Å². The van der Waals surface area contributed by atoms with Crippen LogP contribution in [0.2, 0.25) is 0 Å². The van der Waals surface area contributed by atoms with Crippen LogP contribution < -0.4 is 0 Å². The minimum atomic E-state index is -0.373. The van der Waals surface area contributed by atoms with E-state index >= 15 is 0 Å². The van der Waals surface area contributed by atoms with Crippen LogP contribution in [0.3, 0.4) is 0 Å². The molecule has 0 amide bonds. The lowest BCUT2D eigenvalue weighted by atomic mass is 10.0. The molecule has 0 aromatic carbocycles. The van der Waals surface area contributed by atoms with Gasteiger partial charge in [-0.05, 0) is 58.0 Å². The third-order valence-electron chi connectivity index (χ3n) is 14.5. The summed E-state index contributed by atoms with van der Waals surface area (Å²) in [5, 5.41) is 43.6. The van der Waals surface area contributed by atoms with Crippen molar-refractivity contribution in [3.05, 3.63) is 0 Å². The van der Waals surface area contributed by atoms with Gasteiger partial charge in [0.15, 0.2) is 0 Å². The molecule has 0 aromatic heterocycles. The number of aliphatic hydroxyl groups is 4. The van der Waals surface area contributed by atoms with Crippen LogP contribution >= 0.6 is 21.6 Å². The van der Waals surface area contributed by atoms with Crippen molar-refractivity contribution in [2.24, 2.45) is 0 Å². The number of unbranched alkanes of at least 4 members (excludes halogenated alkanes) is 23. The Morgan fingerprint density at radius 2 is 0.757 bits per heavy atom. The first kappa shape index (κ1) is 67.9. The molecule has 0 radical (unpaired) electrons. The van der Waals surface area contributed by atoms with Crippen molar-refractivity contribution in [2.75, 3.05) is 96.6 Å². The summed E-state index contributed by atoms with van der Waals surface area (Å²) in [6.07, 6.45) is 37.4. The number of aliphatic hydroxyl groups excluding tert-OH is 4. The Labute approximate surface area is 442 Å². The molecule has 1 saturated heterocycles. The molecule has 1 fully saturated rings. The topological polar surface area (TPSA) is 120 Å². The van der Waals surface area contributed by atoms with E-state index in [-0.39, 0.29) is 30.4 Å². The van der Waals surface area contributed by atoms with Crippen LogP contribution in [0.15, 0.2) is 0 Å². The lowest BCUT2D eigenvalue weighted by molar-refractivity contribution is -0.144. The molecule has 0 spiro atoms. The van der Waals surface area contributed by atoms with Gasteiger partial charge in [0.2, 0.25) is 0 Å². The molecule has 12 heteroatoms. The van der Waals surface area contributed by atoms with Gasteiger partial charge in [-0.2, -0.15) is 0 Å². The van der Waals surface area contributed by atoms with E-state index in [0.29, 0.717) is 39.2 Å². The standard InChI is InChI=1S/C58H118N4O6S2/c1-5-9-13-17-21-22-26-30-37-57(66)53-62(52-56(65)36-29-25-20-16-12-8-4)40-33-48-69-70-49-46-60-43-41-59(42-44-60)45-47-68-58(67)38-31-32-39-61(50-54(63)34-27-23-18-14-10-6-2)51-55(64)35-28-24-19-15-11-7-3/h54-57,63-66H,5-53H2,1-4H3. The minimum absolute atomic E-state index is 0.119. The molecule has 0 saturated carbocycles. The predicted octanol–water partition coefficient (Wildman–Crippen LogP) is 12.9. The zero-order valence-corrected chi connectivity index (χ0v) is 48.3. The van der Waals surface area contributed by atoms with Gasteiger partial charge >= 0.3 is 5.97 Å². The molecule has 10 nitrogen and oxygen atoms in total. The molecular weight excluding hydrogens is 913 g/mol. The quantitative estimate of drug-likeness (QED) is 0.0264. The molecule has 1 rings (SSSR count). The Morgan fingerprint density at radius 3 is 1.14 bits per heavy atom. The van der Waals surface area contributed by atoms with Gasteiger partial charge in [-0.3, -0.25) is 24.4 Å². The highest BCUT2D eigenvalue weighted by atomic mass is 33.1. The van der Waals surface area contributed by atoms with E-state index in [9.17, 15) is 25.2 Å². The molecule has 0 aliphatic carbocycles. The number of carbonyl (C=O) groups excluding carboxylic acids is 1.